The van der Waals surface area contributed by atoms with Crippen LogP contribution in [0.5, 0.6) is 0 Å². The lowest BCUT2D eigenvalue weighted by atomic mass is 9.94. The van der Waals surface area contributed by atoms with Gasteiger partial charge in [0.1, 0.15) is 6.10 Å². The van der Waals surface area contributed by atoms with Crippen LogP contribution in [0.1, 0.15) is 70.9 Å². The van der Waals surface area contributed by atoms with E-state index in [0.717, 1.165) is 53.2 Å². The highest BCUT2D eigenvalue weighted by Crippen LogP contribution is 2.30. The summed E-state index contributed by atoms with van der Waals surface area (Å²) in [6.45, 7) is 17.1. The Balaban J connectivity index is 1.80. The summed E-state index contributed by atoms with van der Waals surface area (Å²) in [5, 5.41) is 13.2. The molecule has 2 heterocycles. The number of carbonyl (C=O) groups is 1. The van der Waals surface area contributed by atoms with Gasteiger partial charge in [-0.2, -0.15) is 0 Å². The largest absolute Gasteiger partial charge is 0.457 e. The average Bonchev–Trinajstić information content (AvgIpc) is 3.14. The second-order valence-corrected chi connectivity index (χ2v) is 11.4. The smallest absolute Gasteiger partial charge is 0.309 e. The summed E-state index contributed by atoms with van der Waals surface area (Å²) in [6.07, 6.45) is 14.4. The van der Waals surface area contributed by atoms with Crippen molar-refractivity contribution in [2.75, 3.05) is 32.9 Å². The van der Waals surface area contributed by atoms with Crippen molar-refractivity contribution in [3.63, 3.8) is 0 Å². The highest BCUT2D eigenvalue weighted by molar-refractivity contribution is 5.79. The summed E-state index contributed by atoms with van der Waals surface area (Å²) in [5.41, 5.74) is 6.32. The summed E-state index contributed by atoms with van der Waals surface area (Å²) in [7, 11) is 0. The minimum atomic E-state index is -0.198. The van der Waals surface area contributed by atoms with E-state index in [9.17, 15) is 9.90 Å². The third kappa shape index (κ3) is 9.85. The van der Waals surface area contributed by atoms with Gasteiger partial charge < -0.3 is 24.8 Å². The second kappa shape index (κ2) is 16.9. The molecular formula is C35H49N3O4. The zero-order valence-electron chi connectivity index (χ0n) is 26.0. The fourth-order valence-electron chi connectivity index (χ4n) is 4.85. The van der Waals surface area contributed by atoms with Gasteiger partial charge in [-0.05, 0) is 74.2 Å². The zero-order chi connectivity index (χ0) is 30.5. The van der Waals surface area contributed by atoms with Gasteiger partial charge in [0.25, 0.3) is 0 Å². The first-order chi connectivity index (χ1) is 20.2. The van der Waals surface area contributed by atoms with E-state index in [-0.39, 0.29) is 30.5 Å². The normalized spacial score (nSPS) is 18.5. The molecule has 1 aromatic rings. The Kier molecular flexibility index (Phi) is 13.3. The van der Waals surface area contributed by atoms with Crippen LogP contribution < -0.4 is 5.32 Å². The molecule has 0 aliphatic carbocycles. The molecule has 2 aliphatic heterocycles. The fraction of sp³-hybridized carbons (Fsp3) is 0.486. The first-order valence-corrected chi connectivity index (χ1v) is 15.2. The van der Waals surface area contributed by atoms with Gasteiger partial charge in [-0.25, -0.2) is 0 Å². The number of carbonyl (C=O) groups excluding carboxylic acids is 1. The van der Waals surface area contributed by atoms with E-state index < -0.39 is 0 Å². The van der Waals surface area contributed by atoms with Crippen molar-refractivity contribution in [1.82, 2.24) is 10.2 Å². The number of ether oxygens (including phenoxy) is 2. The summed E-state index contributed by atoms with van der Waals surface area (Å²) in [6, 6.07) is 8.75. The summed E-state index contributed by atoms with van der Waals surface area (Å²) in [5.74, 6) is -0.426. The van der Waals surface area contributed by atoms with Gasteiger partial charge in [0, 0.05) is 49.1 Å². The third-order valence-electron chi connectivity index (χ3n) is 7.44. The van der Waals surface area contributed by atoms with Crippen molar-refractivity contribution >= 4 is 17.8 Å². The Morgan fingerprint density at radius 1 is 1.24 bits per heavy atom. The molecule has 228 valence electrons. The number of allylic oxidation sites excluding steroid dienone is 6. The summed E-state index contributed by atoms with van der Waals surface area (Å²) in [4.78, 5) is 19.4. The van der Waals surface area contributed by atoms with E-state index in [2.05, 4.69) is 85.1 Å². The van der Waals surface area contributed by atoms with Crippen LogP contribution in [0.4, 0.5) is 0 Å². The molecule has 1 aromatic carbocycles. The Morgan fingerprint density at radius 2 is 1.98 bits per heavy atom. The number of nitrogens with zero attached hydrogens (tertiary/aromatic N) is 2. The molecule has 0 aromatic heterocycles. The number of aliphatic hydroxyl groups excluding tert-OH is 1. The number of hydrogen-bond acceptors (Lipinski definition) is 7. The van der Waals surface area contributed by atoms with Crippen LogP contribution in [-0.2, 0) is 14.3 Å². The molecule has 0 spiro atoms. The van der Waals surface area contributed by atoms with Gasteiger partial charge in [0.05, 0.1) is 25.7 Å². The van der Waals surface area contributed by atoms with Crippen molar-refractivity contribution in [2.24, 2.45) is 10.9 Å². The minimum Gasteiger partial charge on any atom is -0.457 e. The number of nitrogens with one attached hydrogen (secondary N) is 1. The lowest BCUT2D eigenvalue weighted by Gasteiger charge is -2.30. The summed E-state index contributed by atoms with van der Waals surface area (Å²) < 4.78 is 10.7. The Bertz CT molecular complexity index is 1190. The monoisotopic (exact) mass is 575 g/mol. The lowest BCUT2D eigenvalue weighted by Crippen LogP contribution is -2.39. The first-order valence-electron chi connectivity index (χ1n) is 15.2. The number of benzene rings is 1. The Hall–Kier alpha value is -3.42. The number of hydrogen-bond donors (Lipinski definition) is 2. The van der Waals surface area contributed by atoms with Crippen LogP contribution in [0, 0.1) is 5.92 Å². The second-order valence-electron chi connectivity index (χ2n) is 11.4. The van der Waals surface area contributed by atoms with Gasteiger partial charge in [0.2, 0.25) is 0 Å². The maximum Gasteiger partial charge on any atom is 0.309 e. The van der Waals surface area contributed by atoms with E-state index in [1.807, 2.05) is 32.3 Å². The quantitative estimate of drug-likeness (QED) is 0.244. The lowest BCUT2D eigenvalue weighted by molar-refractivity contribution is -0.176. The van der Waals surface area contributed by atoms with E-state index >= 15 is 0 Å². The molecular weight excluding hydrogens is 526 g/mol. The highest BCUT2D eigenvalue weighted by atomic mass is 16.6. The van der Waals surface area contributed by atoms with Crippen molar-refractivity contribution < 1.29 is 19.4 Å². The third-order valence-corrected chi connectivity index (χ3v) is 7.44. The molecule has 42 heavy (non-hydrogen) atoms. The average molecular weight is 576 g/mol. The molecule has 0 radical (unpaired) electrons. The van der Waals surface area contributed by atoms with Gasteiger partial charge in [-0.15, -0.1) is 0 Å². The van der Waals surface area contributed by atoms with E-state index in [1.54, 1.807) is 0 Å². The molecule has 7 heteroatoms. The molecule has 1 fully saturated rings. The first kappa shape index (κ1) is 33.1. The molecule has 0 amide bonds. The van der Waals surface area contributed by atoms with Crippen LogP contribution in [0.2, 0.25) is 0 Å². The number of esters is 1. The van der Waals surface area contributed by atoms with Gasteiger partial charge in [-0.1, -0.05) is 56.8 Å². The molecule has 3 rings (SSSR count). The van der Waals surface area contributed by atoms with Crippen LogP contribution >= 0.6 is 0 Å². The SMILES string of the molecule is C=C1C/C(=C\C(=C/C)c2ccc([C@@H](/C=C/NC(C)C)CO)cc2)C(N(CCC)CCC(C)C(=O)OC2COC2)=CC=N1. The van der Waals surface area contributed by atoms with Crippen molar-refractivity contribution in [3.05, 3.63) is 89.4 Å². The van der Waals surface area contributed by atoms with Gasteiger partial charge in [0.15, 0.2) is 0 Å². The summed E-state index contributed by atoms with van der Waals surface area (Å²) >= 11 is 0. The Labute approximate surface area is 252 Å². The molecule has 1 unspecified atom stereocenters. The maximum atomic E-state index is 12.6. The van der Waals surface area contributed by atoms with Crippen molar-refractivity contribution in [1.29, 1.82) is 0 Å². The van der Waals surface area contributed by atoms with Crippen LogP contribution in [0.3, 0.4) is 0 Å². The van der Waals surface area contributed by atoms with Crippen molar-refractivity contribution in [2.45, 2.75) is 71.9 Å². The van der Waals surface area contributed by atoms with Gasteiger partial charge >= 0.3 is 5.97 Å². The predicted octanol–water partition coefficient (Wildman–Crippen LogP) is 6.16. The minimum absolute atomic E-state index is 0.0466. The molecule has 2 N–H and O–H groups in total. The number of rotatable bonds is 15. The molecule has 0 saturated carbocycles. The number of aliphatic hydroxyl groups is 1. The molecule has 2 atom stereocenters. The highest BCUT2D eigenvalue weighted by Gasteiger charge is 2.26. The molecule has 1 saturated heterocycles. The molecule has 7 nitrogen and oxygen atoms in total. The predicted molar refractivity (Wildman–Crippen MR) is 172 cm³/mol. The fourth-order valence-corrected chi connectivity index (χ4v) is 4.85. The maximum absolute atomic E-state index is 12.6. The zero-order valence-corrected chi connectivity index (χ0v) is 26.0. The van der Waals surface area contributed by atoms with E-state index in [4.69, 9.17) is 9.47 Å². The van der Waals surface area contributed by atoms with E-state index in [1.165, 1.54) is 0 Å². The van der Waals surface area contributed by atoms with Crippen LogP contribution in [-0.4, -0.2) is 67.2 Å². The standard InChI is InChI=1S/C35H49N3O4/c1-7-18-38(19-15-26(5)35(40)42-33-23-41-24-33)34-14-17-37-27(6)20-32(34)21-28(8-2)29-9-11-30(12-10-29)31(22-39)13-16-36-25(3)4/h8-14,16-17,21,25-26,31,33,36,39H,6-7,15,18-20,22-24H2,1-5H3/b16-13+,28-8+,32-21+/t26?,31-/m0/s1. The number of aliphatic imine (C=N–C) groups is 1. The van der Waals surface area contributed by atoms with Crippen molar-refractivity contribution in [3.8, 4) is 0 Å². The topological polar surface area (TPSA) is 83.4 Å². The van der Waals surface area contributed by atoms with E-state index in [0.29, 0.717) is 32.1 Å². The van der Waals surface area contributed by atoms with Crippen LogP contribution in [0.15, 0.2) is 83.3 Å². The molecule has 0 bridgehead atoms. The van der Waals surface area contributed by atoms with Crippen LogP contribution in [0.25, 0.3) is 5.57 Å². The van der Waals surface area contributed by atoms with Gasteiger partial charge in [-0.3, -0.25) is 9.79 Å². The Morgan fingerprint density at radius 3 is 2.57 bits per heavy atom. The molecule has 2 aliphatic rings.